The molecule has 0 radical (unpaired) electrons. The maximum Gasteiger partial charge on any atom is 0.0943 e. The molecule has 3 heteroatoms. The fraction of sp³-hybridized carbons (Fsp3) is 0.250. The van der Waals surface area contributed by atoms with Gasteiger partial charge in [0.25, 0.3) is 0 Å². The minimum atomic E-state index is 0.0525. The molecule has 0 fully saturated rings. The van der Waals surface area contributed by atoms with Gasteiger partial charge < -0.3 is 5.73 Å². The molecular formula is C12H14N2S. The van der Waals surface area contributed by atoms with Crippen LogP contribution >= 0.6 is 11.3 Å². The Bertz CT molecular complexity index is 406. The lowest BCUT2D eigenvalue weighted by atomic mass is 10.0. The molecule has 2 nitrogen and oxygen atoms in total. The van der Waals surface area contributed by atoms with Crippen molar-refractivity contribution in [3.63, 3.8) is 0 Å². The Morgan fingerprint density at radius 2 is 2.07 bits per heavy atom. The van der Waals surface area contributed by atoms with Gasteiger partial charge in [-0.15, -0.1) is 11.3 Å². The minimum absolute atomic E-state index is 0.0525. The molecule has 1 aromatic heterocycles. The van der Waals surface area contributed by atoms with Gasteiger partial charge in [-0.05, 0) is 12.5 Å². The Morgan fingerprint density at radius 1 is 1.33 bits per heavy atom. The molecule has 0 bridgehead atoms. The van der Waals surface area contributed by atoms with Crippen LogP contribution in [0.4, 0.5) is 0 Å². The van der Waals surface area contributed by atoms with Gasteiger partial charge in [-0.25, -0.2) is 4.98 Å². The zero-order chi connectivity index (χ0) is 10.7. The molecule has 0 aliphatic rings. The second kappa shape index (κ2) is 4.55. The van der Waals surface area contributed by atoms with E-state index in [1.54, 1.807) is 11.3 Å². The van der Waals surface area contributed by atoms with E-state index in [0.29, 0.717) is 0 Å². The Balaban J connectivity index is 2.08. The van der Waals surface area contributed by atoms with Crippen molar-refractivity contribution in [2.75, 3.05) is 0 Å². The first-order chi connectivity index (χ1) is 7.25. The highest BCUT2D eigenvalue weighted by molar-refractivity contribution is 7.09. The summed E-state index contributed by atoms with van der Waals surface area (Å²) in [7, 11) is 0. The SMILES string of the molecule is Cc1ccc(C(N)Cc2nccs2)cc1. The van der Waals surface area contributed by atoms with Crippen LogP contribution in [-0.4, -0.2) is 4.98 Å². The van der Waals surface area contributed by atoms with Gasteiger partial charge in [0.1, 0.15) is 0 Å². The fourth-order valence-corrected chi connectivity index (χ4v) is 2.15. The summed E-state index contributed by atoms with van der Waals surface area (Å²) in [5.74, 6) is 0. The Labute approximate surface area is 93.8 Å². The van der Waals surface area contributed by atoms with E-state index in [0.717, 1.165) is 11.4 Å². The largest absolute Gasteiger partial charge is 0.324 e. The summed E-state index contributed by atoms with van der Waals surface area (Å²) in [4.78, 5) is 4.24. The van der Waals surface area contributed by atoms with Gasteiger partial charge in [-0.2, -0.15) is 0 Å². The smallest absolute Gasteiger partial charge is 0.0943 e. The number of benzene rings is 1. The summed E-state index contributed by atoms with van der Waals surface area (Å²) in [6, 6.07) is 8.42. The van der Waals surface area contributed by atoms with Gasteiger partial charge in [0.05, 0.1) is 5.01 Å². The summed E-state index contributed by atoms with van der Waals surface area (Å²) in [6.07, 6.45) is 2.64. The normalized spacial score (nSPS) is 12.7. The zero-order valence-electron chi connectivity index (χ0n) is 8.68. The quantitative estimate of drug-likeness (QED) is 0.860. The maximum absolute atomic E-state index is 6.10. The summed E-state index contributed by atoms with van der Waals surface area (Å²) in [5, 5.41) is 3.08. The van der Waals surface area contributed by atoms with Gasteiger partial charge in [0, 0.05) is 24.0 Å². The second-order valence-electron chi connectivity index (χ2n) is 3.65. The van der Waals surface area contributed by atoms with Crippen LogP contribution in [0.5, 0.6) is 0 Å². The predicted octanol–water partition coefficient (Wildman–Crippen LogP) is 2.69. The molecule has 0 spiro atoms. The van der Waals surface area contributed by atoms with Gasteiger partial charge in [0.15, 0.2) is 0 Å². The van der Waals surface area contributed by atoms with E-state index in [9.17, 15) is 0 Å². The molecule has 2 rings (SSSR count). The molecule has 2 aromatic rings. The molecule has 0 aliphatic carbocycles. The minimum Gasteiger partial charge on any atom is -0.324 e. The average Bonchev–Trinajstić information content (AvgIpc) is 2.71. The van der Waals surface area contributed by atoms with Crippen LogP contribution in [0.1, 0.15) is 22.2 Å². The molecule has 0 amide bonds. The van der Waals surface area contributed by atoms with E-state index in [4.69, 9.17) is 5.73 Å². The van der Waals surface area contributed by atoms with Crippen molar-refractivity contribution in [1.82, 2.24) is 4.98 Å². The lowest BCUT2D eigenvalue weighted by Crippen LogP contribution is -2.13. The maximum atomic E-state index is 6.10. The number of aromatic nitrogens is 1. The van der Waals surface area contributed by atoms with Gasteiger partial charge in [0.2, 0.25) is 0 Å². The van der Waals surface area contributed by atoms with Gasteiger partial charge in [-0.3, -0.25) is 0 Å². The van der Waals surface area contributed by atoms with Crippen LogP contribution < -0.4 is 5.73 Å². The Kier molecular flexibility index (Phi) is 3.14. The molecule has 1 unspecified atom stereocenters. The third kappa shape index (κ3) is 2.64. The van der Waals surface area contributed by atoms with E-state index in [-0.39, 0.29) is 6.04 Å². The van der Waals surface area contributed by atoms with E-state index in [2.05, 4.69) is 36.2 Å². The molecular weight excluding hydrogens is 204 g/mol. The number of nitrogens with zero attached hydrogens (tertiary/aromatic N) is 1. The third-order valence-electron chi connectivity index (χ3n) is 2.38. The van der Waals surface area contributed by atoms with Crippen LogP contribution in [0.3, 0.4) is 0 Å². The Morgan fingerprint density at radius 3 is 2.67 bits per heavy atom. The topological polar surface area (TPSA) is 38.9 Å². The van der Waals surface area contributed by atoms with Crippen LogP contribution in [0.25, 0.3) is 0 Å². The van der Waals surface area contributed by atoms with E-state index in [1.807, 2.05) is 11.6 Å². The zero-order valence-corrected chi connectivity index (χ0v) is 9.50. The second-order valence-corrected chi connectivity index (χ2v) is 4.63. The monoisotopic (exact) mass is 218 g/mol. The summed E-state index contributed by atoms with van der Waals surface area (Å²) < 4.78 is 0. The van der Waals surface area contributed by atoms with Crippen molar-refractivity contribution in [3.05, 3.63) is 52.0 Å². The average molecular weight is 218 g/mol. The number of thiazole rings is 1. The number of hydrogen-bond acceptors (Lipinski definition) is 3. The first-order valence-electron chi connectivity index (χ1n) is 4.96. The highest BCUT2D eigenvalue weighted by atomic mass is 32.1. The highest BCUT2D eigenvalue weighted by Crippen LogP contribution is 2.17. The van der Waals surface area contributed by atoms with Crippen LogP contribution in [0, 0.1) is 6.92 Å². The molecule has 1 atom stereocenters. The molecule has 0 saturated carbocycles. The van der Waals surface area contributed by atoms with Crippen molar-refractivity contribution >= 4 is 11.3 Å². The number of rotatable bonds is 3. The Hall–Kier alpha value is -1.19. The van der Waals surface area contributed by atoms with Crippen molar-refractivity contribution < 1.29 is 0 Å². The lowest BCUT2D eigenvalue weighted by Gasteiger charge is -2.10. The first kappa shape index (κ1) is 10.3. The molecule has 2 N–H and O–H groups in total. The molecule has 15 heavy (non-hydrogen) atoms. The van der Waals surface area contributed by atoms with Gasteiger partial charge >= 0.3 is 0 Å². The van der Waals surface area contributed by atoms with Crippen molar-refractivity contribution in [2.24, 2.45) is 5.73 Å². The molecule has 0 aliphatic heterocycles. The van der Waals surface area contributed by atoms with Crippen LogP contribution in [0.2, 0.25) is 0 Å². The standard InChI is InChI=1S/C12H14N2S/c1-9-2-4-10(5-3-9)11(13)8-12-14-6-7-15-12/h2-7,11H,8,13H2,1H3. The fourth-order valence-electron chi connectivity index (χ4n) is 1.47. The summed E-state index contributed by atoms with van der Waals surface area (Å²) >= 11 is 1.66. The number of aryl methyl sites for hydroxylation is 1. The van der Waals surface area contributed by atoms with Crippen molar-refractivity contribution in [2.45, 2.75) is 19.4 Å². The molecule has 1 aromatic carbocycles. The third-order valence-corrected chi connectivity index (χ3v) is 3.19. The highest BCUT2D eigenvalue weighted by Gasteiger charge is 2.07. The van der Waals surface area contributed by atoms with E-state index >= 15 is 0 Å². The first-order valence-corrected chi connectivity index (χ1v) is 5.84. The molecule has 78 valence electrons. The number of hydrogen-bond donors (Lipinski definition) is 1. The molecule has 1 heterocycles. The van der Waals surface area contributed by atoms with Crippen LogP contribution in [-0.2, 0) is 6.42 Å². The van der Waals surface area contributed by atoms with Gasteiger partial charge in [-0.1, -0.05) is 29.8 Å². The van der Waals surface area contributed by atoms with E-state index in [1.165, 1.54) is 11.1 Å². The van der Waals surface area contributed by atoms with Crippen LogP contribution in [0.15, 0.2) is 35.8 Å². The van der Waals surface area contributed by atoms with Crippen molar-refractivity contribution in [1.29, 1.82) is 0 Å². The summed E-state index contributed by atoms with van der Waals surface area (Å²) in [6.45, 7) is 2.08. The van der Waals surface area contributed by atoms with Crippen molar-refractivity contribution in [3.8, 4) is 0 Å². The summed E-state index contributed by atoms with van der Waals surface area (Å²) in [5.41, 5.74) is 8.54. The number of nitrogens with two attached hydrogens (primary N) is 1. The lowest BCUT2D eigenvalue weighted by molar-refractivity contribution is 0.718. The predicted molar refractivity (Wildman–Crippen MR) is 63.9 cm³/mol. The van der Waals surface area contributed by atoms with E-state index < -0.39 is 0 Å². The molecule has 0 saturated heterocycles.